The van der Waals surface area contributed by atoms with Gasteiger partial charge in [0.1, 0.15) is 24.0 Å². The molecule has 0 aliphatic carbocycles. The van der Waals surface area contributed by atoms with Gasteiger partial charge in [-0.05, 0) is 117 Å². The van der Waals surface area contributed by atoms with Crippen molar-refractivity contribution in [1.29, 1.82) is 0 Å². The van der Waals surface area contributed by atoms with Crippen molar-refractivity contribution in [3.8, 4) is 50.7 Å². The van der Waals surface area contributed by atoms with E-state index in [2.05, 4.69) is 118 Å². The summed E-state index contributed by atoms with van der Waals surface area (Å²) in [6.45, 7) is 11.1. The molecular weight excluding hydrogens is 829 g/mol. The van der Waals surface area contributed by atoms with E-state index in [4.69, 9.17) is 20.7 Å². The molecule has 334 valence electrons. The number of pyridine rings is 1. The molecule has 1 aliphatic rings. The summed E-state index contributed by atoms with van der Waals surface area (Å²) in [6.07, 6.45) is 1.54. The van der Waals surface area contributed by atoms with Gasteiger partial charge in [0.2, 0.25) is 0 Å². The van der Waals surface area contributed by atoms with Gasteiger partial charge >= 0.3 is 0 Å². The molecule has 0 fully saturated rings. The summed E-state index contributed by atoms with van der Waals surface area (Å²) in [6, 6.07) is 52.6. The first kappa shape index (κ1) is 34.4. The largest absolute Gasteiger partial charge is 0.457 e. The topological polar surface area (TPSA) is 33.5 Å². The van der Waals surface area contributed by atoms with Crippen molar-refractivity contribution in [1.82, 2.24) is 9.55 Å². The number of hydrogen-bond donors (Lipinski definition) is 0. The van der Waals surface area contributed by atoms with Gasteiger partial charge in [-0.15, -0.1) is 0 Å². The van der Waals surface area contributed by atoms with Crippen molar-refractivity contribution < 1.29 is 15.7 Å². The average molecular weight is 893 g/mol. The normalized spacial score (nSPS) is 14.7. The first-order valence-electron chi connectivity index (χ1n) is 27.0. The number of nitrogens with zero attached hydrogens (tertiary/aromatic N) is 4. The van der Waals surface area contributed by atoms with Crippen LogP contribution in [0, 0.1) is 6.85 Å². The summed E-state index contributed by atoms with van der Waals surface area (Å²) >= 11 is 0. The van der Waals surface area contributed by atoms with Gasteiger partial charge in [0.15, 0.2) is 0 Å². The van der Waals surface area contributed by atoms with E-state index >= 15 is 0 Å². The smallest absolute Gasteiger partial charge is 0.137 e. The third kappa shape index (κ3) is 7.88. The van der Waals surface area contributed by atoms with Crippen molar-refractivity contribution in [3.05, 3.63) is 217 Å². The Bertz CT molecular complexity index is 3900. The number of benzene rings is 8. The van der Waals surface area contributed by atoms with Gasteiger partial charge in [0.05, 0.1) is 34.9 Å². The molecule has 8 aromatic carbocycles. The molecule has 0 saturated heterocycles. The molecule has 5 heteroatoms. The summed E-state index contributed by atoms with van der Waals surface area (Å²) in [5.74, 6) is 1.63. The highest BCUT2D eigenvalue weighted by Gasteiger charge is 2.32. The number of fused-ring (bicyclic) bond motifs is 4. The van der Waals surface area contributed by atoms with Crippen molar-refractivity contribution in [2.45, 2.75) is 59.2 Å². The molecule has 68 heavy (non-hydrogen) atoms. The zero-order valence-electron chi connectivity index (χ0n) is 47.1. The maximum atomic E-state index is 9.15. The Morgan fingerprint density at radius 3 is 2.00 bits per heavy atom. The number of aromatic nitrogens is 2. The first-order chi connectivity index (χ1) is 36.2. The Labute approximate surface area is 411 Å². The predicted molar refractivity (Wildman–Crippen MR) is 286 cm³/mol. The monoisotopic (exact) mass is 892 g/mol. The summed E-state index contributed by atoms with van der Waals surface area (Å²) in [4.78, 5) is 9.09. The number of para-hydroxylation sites is 3. The van der Waals surface area contributed by atoms with Crippen LogP contribution in [0.4, 0.5) is 22.7 Å². The van der Waals surface area contributed by atoms with E-state index in [1.54, 1.807) is 12.3 Å². The molecular formula is C63H56N4O. The van der Waals surface area contributed by atoms with Crippen LogP contribution in [0.25, 0.3) is 61.0 Å². The molecule has 0 saturated carbocycles. The second-order valence-electron chi connectivity index (χ2n) is 19.6. The highest BCUT2D eigenvalue weighted by Crippen LogP contribution is 2.51. The van der Waals surface area contributed by atoms with E-state index in [-0.39, 0.29) is 34.0 Å². The molecule has 2 aromatic heterocycles. The number of rotatable bonds is 8. The van der Waals surface area contributed by atoms with Crippen LogP contribution < -0.4 is 14.5 Å². The fraction of sp³-hybridized carbons (Fsp3) is 0.159. The second-order valence-corrected chi connectivity index (χ2v) is 19.6. The third-order valence-electron chi connectivity index (χ3n) is 13.0. The maximum Gasteiger partial charge on any atom is 0.137 e. The number of ether oxygens (including phenoxy) is 1. The molecule has 0 atom stereocenters. The van der Waals surface area contributed by atoms with Crippen LogP contribution in [0.1, 0.15) is 69.2 Å². The van der Waals surface area contributed by atoms with Crippen LogP contribution in [-0.4, -0.2) is 16.2 Å². The Kier molecular flexibility index (Phi) is 8.49. The fourth-order valence-electron chi connectivity index (χ4n) is 9.48. The molecule has 0 amide bonds. The van der Waals surface area contributed by atoms with Gasteiger partial charge in [-0.3, -0.25) is 4.57 Å². The zero-order valence-corrected chi connectivity index (χ0v) is 39.1. The highest BCUT2D eigenvalue weighted by molar-refractivity contribution is 6.11. The van der Waals surface area contributed by atoms with E-state index in [0.29, 0.717) is 35.2 Å². The van der Waals surface area contributed by atoms with Crippen molar-refractivity contribution in [3.63, 3.8) is 0 Å². The van der Waals surface area contributed by atoms with Crippen LogP contribution in [0.3, 0.4) is 0 Å². The minimum atomic E-state index is -2.33. The summed E-state index contributed by atoms with van der Waals surface area (Å²) in [5, 5.41) is 1.94. The molecule has 0 bridgehead atoms. The molecule has 11 rings (SSSR count). The van der Waals surface area contributed by atoms with Gasteiger partial charge in [-0.1, -0.05) is 163 Å². The summed E-state index contributed by atoms with van der Waals surface area (Å²) in [7, 11) is 0. The van der Waals surface area contributed by atoms with Crippen LogP contribution in [0.15, 0.2) is 200 Å². The van der Waals surface area contributed by atoms with E-state index in [0.717, 1.165) is 66.7 Å². The lowest BCUT2D eigenvalue weighted by molar-refractivity contribution is 0.483. The molecule has 0 radical (unpaired) electrons. The first-order valence-corrected chi connectivity index (χ1v) is 23.0. The van der Waals surface area contributed by atoms with Crippen molar-refractivity contribution >= 4 is 44.6 Å². The standard InChI is InChI=1S/C63H56N4O/c1-42-34-35-64-60(36-42)67-56-33-28-45(43-26-29-47(30-27-43)62(2,3)4)38-55(56)54-32-31-51(40-59(54)67)68-50-21-14-20-49(39-50)65-41-66(58-25-12-11-24-57(58)65)61-52(44-16-9-8-10-17-44)22-15-23-53(61)46-18-13-19-48(37-46)63(5,6)7/h8-40H,41H2,1-7H3/i1D3,8D,9D,10D,16D,17D. The van der Waals surface area contributed by atoms with Gasteiger partial charge < -0.3 is 14.5 Å². The Hall–Kier alpha value is -7.89. The molecule has 10 aromatic rings. The van der Waals surface area contributed by atoms with Crippen molar-refractivity contribution in [2.24, 2.45) is 0 Å². The molecule has 3 heterocycles. The zero-order chi connectivity index (χ0) is 53.6. The third-order valence-corrected chi connectivity index (χ3v) is 13.0. The molecule has 1 aliphatic heterocycles. The van der Waals surface area contributed by atoms with Crippen LogP contribution in [-0.2, 0) is 10.8 Å². The van der Waals surface area contributed by atoms with Gasteiger partial charge in [-0.25, -0.2) is 4.98 Å². The Morgan fingerprint density at radius 2 is 1.24 bits per heavy atom. The summed E-state index contributed by atoms with van der Waals surface area (Å²) in [5.41, 5.74) is 12.0. The summed E-state index contributed by atoms with van der Waals surface area (Å²) < 4.78 is 77.5. The van der Waals surface area contributed by atoms with Gasteiger partial charge in [-0.2, -0.15) is 0 Å². The van der Waals surface area contributed by atoms with Crippen LogP contribution in [0.2, 0.25) is 0 Å². The number of hydrogen-bond acceptors (Lipinski definition) is 4. The Morgan fingerprint density at radius 1 is 0.529 bits per heavy atom. The van der Waals surface area contributed by atoms with E-state index in [9.17, 15) is 0 Å². The van der Waals surface area contributed by atoms with E-state index in [1.807, 2.05) is 89.5 Å². The second kappa shape index (κ2) is 16.8. The molecule has 0 spiro atoms. The van der Waals surface area contributed by atoms with Crippen molar-refractivity contribution in [2.75, 3.05) is 16.5 Å². The predicted octanol–water partition coefficient (Wildman–Crippen LogP) is 17.1. The number of aryl methyl sites for hydroxylation is 1. The maximum absolute atomic E-state index is 9.15. The highest BCUT2D eigenvalue weighted by atomic mass is 16.5. The van der Waals surface area contributed by atoms with Gasteiger partial charge in [0.25, 0.3) is 0 Å². The quantitative estimate of drug-likeness (QED) is 0.152. The van der Waals surface area contributed by atoms with Gasteiger partial charge in [0, 0.05) is 50.0 Å². The number of anilines is 4. The van der Waals surface area contributed by atoms with Crippen LogP contribution in [0.5, 0.6) is 11.5 Å². The Balaban J connectivity index is 1.00. The minimum Gasteiger partial charge on any atom is -0.457 e. The molecule has 5 nitrogen and oxygen atoms in total. The van der Waals surface area contributed by atoms with E-state index in [1.165, 1.54) is 11.6 Å². The lowest BCUT2D eigenvalue weighted by Crippen LogP contribution is -2.25. The molecule has 0 N–H and O–H groups in total. The van der Waals surface area contributed by atoms with Crippen LogP contribution >= 0.6 is 0 Å². The molecule has 0 unspecified atom stereocenters. The SMILES string of the molecule is [2H]c1c([2H])c([2H])c(-c2cccc(-c3cccc(C(C)(C)C)c3)c2N2CN(c3cccc(Oc4ccc5c6cc(-c7ccc(C(C)(C)C)cc7)ccc6n(-c6cc(C([2H])([2H])[2H])ccn6)c5c4)c3)c3ccccc32)c([2H])c1[2H]. The van der Waals surface area contributed by atoms with E-state index < -0.39 is 25.0 Å². The fourth-order valence-corrected chi connectivity index (χ4v) is 9.48. The average Bonchev–Trinajstić information content (AvgIpc) is 3.96. The minimum absolute atomic E-state index is 0.0221. The lowest BCUT2D eigenvalue weighted by Gasteiger charge is -2.28. The lowest BCUT2D eigenvalue weighted by atomic mass is 9.85.